The summed E-state index contributed by atoms with van der Waals surface area (Å²) < 4.78 is 44.2. The van der Waals surface area contributed by atoms with Gasteiger partial charge in [-0.05, 0) is 36.9 Å². The van der Waals surface area contributed by atoms with E-state index < -0.39 is 18.1 Å². The Bertz CT molecular complexity index is 1080. The van der Waals surface area contributed by atoms with Gasteiger partial charge in [0.2, 0.25) is 5.89 Å². The third kappa shape index (κ3) is 5.30. The summed E-state index contributed by atoms with van der Waals surface area (Å²) in [5, 5.41) is 6.91. The normalized spacial score (nSPS) is 14.6. The van der Waals surface area contributed by atoms with Gasteiger partial charge in [0.25, 0.3) is 5.89 Å². The summed E-state index contributed by atoms with van der Waals surface area (Å²) in [5.41, 5.74) is 1.32. The fourth-order valence-corrected chi connectivity index (χ4v) is 3.59. The summed E-state index contributed by atoms with van der Waals surface area (Å²) in [6.45, 7) is 5.80. The van der Waals surface area contributed by atoms with Crippen LogP contribution in [-0.2, 0) is 6.54 Å². The number of hydrogen-bond acceptors (Lipinski definition) is 6. The highest BCUT2D eigenvalue weighted by molar-refractivity contribution is 5.92. The molecule has 1 aliphatic rings. The number of carbonyl (C=O) groups is 1. The van der Waals surface area contributed by atoms with Crippen molar-refractivity contribution in [3.8, 4) is 11.5 Å². The maximum Gasteiger partial charge on any atom is 0.324 e. The van der Waals surface area contributed by atoms with Gasteiger partial charge in [0.05, 0.1) is 17.8 Å². The van der Waals surface area contributed by atoms with Gasteiger partial charge in [0.1, 0.15) is 5.82 Å². The zero-order valence-corrected chi connectivity index (χ0v) is 18.0. The number of amides is 2. The monoisotopic (exact) mass is 460 g/mol. The summed E-state index contributed by atoms with van der Waals surface area (Å²) in [5.74, 6) is -1.29. The molecule has 1 fully saturated rings. The summed E-state index contributed by atoms with van der Waals surface area (Å²) >= 11 is 0. The van der Waals surface area contributed by atoms with Gasteiger partial charge in [-0.25, -0.2) is 9.18 Å². The Balaban J connectivity index is 1.54. The van der Waals surface area contributed by atoms with Gasteiger partial charge in [-0.1, -0.05) is 13.0 Å². The van der Waals surface area contributed by atoms with Gasteiger partial charge in [-0.2, -0.15) is 8.78 Å². The van der Waals surface area contributed by atoms with Crippen LogP contribution in [0.1, 0.15) is 24.9 Å². The molecule has 1 aromatic carbocycles. The smallest absolute Gasteiger partial charge is 0.324 e. The molecule has 11 heteroatoms. The van der Waals surface area contributed by atoms with Crippen molar-refractivity contribution in [1.82, 2.24) is 25.0 Å². The third-order valence-electron chi connectivity index (χ3n) is 5.46. The molecule has 33 heavy (non-hydrogen) atoms. The van der Waals surface area contributed by atoms with Crippen molar-refractivity contribution in [3.63, 3.8) is 0 Å². The van der Waals surface area contributed by atoms with Gasteiger partial charge < -0.3 is 14.2 Å². The molecule has 0 unspecified atom stereocenters. The molecule has 0 atom stereocenters. The third-order valence-corrected chi connectivity index (χ3v) is 5.46. The van der Waals surface area contributed by atoms with Crippen molar-refractivity contribution >= 4 is 11.7 Å². The highest BCUT2D eigenvalue weighted by Gasteiger charge is 2.26. The van der Waals surface area contributed by atoms with Gasteiger partial charge >= 0.3 is 12.5 Å². The minimum absolute atomic E-state index is 0.0730. The molecule has 3 aromatic rings. The minimum atomic E-state index is -2.86. The first-order valence-corrected chi connectivity index (χ1v) is 10.6. The molecule has 0 bridgehead atoms. The van der Waals surface area contributed by atoms with Crippen LogP contribution in [0.3, 0.4) is 0 Å². The molecular weight excluding hydrogens is 437 g/mol. The number of pyridine rings is 1. The number of piperazine rings is 1. The van der Waals surface area contributed by atoms with E-state index in [-0.39, 0.29) is 18.5 Å². The number of hydrogen-bond donors (Lipinski definition) is 0. The van der Waals surface area contributed by atoms with E-state index in [0.29, 0.717) is 30.0 Å². The molecule has 8 nitrogen and oxygen atoms in total. The van der Waals surface area contributed by atoms with E-state index in [1.54, 1.807) is 29.2 Å². The number of benzene rings is 1. The lowest BCUT2D eigenvalue weighted by molar-refractivity contribution is 0.116. The van der Waals surface area contributed by atoms with Crippen molar-refractivity contribution in [3.05, 3.63) is 60.0 Å². The van der Waals surface area contributed by atoms with E-state index in [1.807, 2.05) is 0 Å². The Morgan fingerprint density at radius 2 is 1.94 bits per heavy atom. The van der Waals surface area contributed by atoms with Crippen LogP contribution in [0.5, 0.6) is 0 Å². The molecule has 2 amide bonds. The first kappa shape index (κ1) is 22.7. The van der Waals surface area contributed by atoms with Crippen LogP contribution < -0.4 is 4.90 Å². The molecule has 1 aliphatic heterocycles. The van der Waals surface area contributed by atoms with Crippen LogP contribution in [0.2, 0.25) is 0 Å². The standard InChI is InChI=1S/C22H23F3N6O2/c1-2-29-8-10-30(11-9-29)22(32)31(18-5-3-4-16(23)12-18)14-17-7-6-15(13-26-17)20-27-28-21(33-20)19(24)25/h3-7,12-13,19H,2,8-11,14H2,1H3. The largest absolute Gasteiger partial charge is 0.415 e. The number of anilines is 1. The zero-order chi connectivity index (χ0) is 23.4. The van der Waals surface area contributed by atoms with Crippen molar-refractivity contribution in [2.75, 3.05) is 37.6 Å². The number of nitrogens with zero attached hydrogens (tertiary/aromatic N) is 6. The maximum absolute atomic E-state index is 13.9. The fraction of sp³-hybridized carbons (Fsp3) is 0.364. The predicted octanol–water partition coefficient (Wildman–Crippen LogP) is 3.97. The number of carbonyl (C=O) groups excluding carboxylic acids is 1. The number of aromatic nitrogens is 3. The molecule has 3 heterocycles. The predicted molar refractivity (Wildman–Crippen MR) is 114 cm³/mol. The summed E-state index contributed by atoms with van der Waals surface area (Å²) in [7, 11) is 0. The lowest BCUT2D eigenvalue weighted by atomic mass is 10.2. The Morgan fingerprint density at radius 1 is 1.15 bits per heavy atom. The van der Waals surface area contributed by atoms with Crippen LogP contribution >= 0.6 is 0 Å². The first-order chi connectivity index (χ1) is 15.9. The molecular formula is C22H23F3N6O2. The summed E-state index contributed by atoms with van der Waals surface area (Å²) in [4.78, 5) is 23.1. The number of likely N-dealkylation sites (N-methyl/N-ethyl adjacent to an activating group) is 1. The Morgan fingerprint density at radius 3 is 2.55 bits per heavy atom. The van der Waals surface area contributed by atoms with Crippen molar-refractivity contribution in [2.24, 2.45) is 0 Å². The number of halogens is 3. The summed E-state index contributed by atoms with van der Waals surface area (Å²) in [6.07, 6.45) is -1.45. The topological polar surface area (TPSA) is 78.6 Å². The average Bonchev–Trinajstić information content (AvgIpc) is 3.33. The van der Waals surface area contributed by atoms with Gasteiger partial charge in [0, 0.05) is 38.1 Å². The quantitative estimate of drug-likeness (QED) is 0.554. The number of urea groups is 1. The van der Waals surface area contributed by atoms with Crippen LogP contribution in [0.25, 0.3) is 11.5 Å². The molecule has 0 aliphatic carbocycles. The fourth-order valence-electron chi connectivity index (χ4n) is 3.59. The average molecular weight is 460 g/mol. The van der Waals surface area contributed by atoms with E-state index >= 15 is 0 Å². The highest BCUT2D eigenvalue weighted by atomic mass is 19.3. The highest BCUT2D eigenvalue weighted by Crippen LogP contribution is 2.24. The molecule has 2 aromatic heterocycles. The van der Waals surface area contributed by atoms with E-state index in [9.17, 15) is 18.0 Å². The Labute approximate surface area is 188 Å². The minimum Gasteiger partial charge on any atom is -0.415 e. The Hall–Kier alpha value is -3.47. The first-order valence-electron chi connectivity index (χ1n) is 10.6. The van der Waals surface area contributed by atoms with Crippen molar-refractivity contribution in [1.29, 1.82) is 0 Å². The van der Waals surface area contributed by atoms with Gasteiger partial charge in [0.15, 0.2) is 0 Å². The van der Waals surface area contributed by atoms with Gasteiger partial charge in [-0.3, -0.25) is 9.88 Å². The van der Waals surface area contributed by atoms with Crippen LogP contribution in [-0.4, -0.2) is 63.7 Å². The lowest BCUT2D eigenvalue weighted by Gasteiger charge is -2.37. The molecule has 0 radical (unpaired) electrons. The zero-order valence-electron chi connectivity index (χ0n) is 18.0. The van der Waals surface area contributed by atoms with Crippen molar-refractivity contribution < 1.29 is 22.4 Å². The van der Waals surface area contributed by atoms with Gasteiger partial charge in [-0.15, -0.1) is 10.2 Å². The SMILES string of the molecule is CCN1CCN(C(=O)N(Cc2ccc(-c3nnc(C(F)F)o3)cn2)c2cccc(F)c2)CC1. The lowest BCUT2D eigenvalue weighted by Crippen LogP contribution is -2.52. The van der Waals surface area contributed by atoms with Crippen LogP contribution in [0, 0.1) is 5.82 Å². The molecule has 4 rings (SSSR count). The number of rotatable bonds is 6. The molecule has 0 N–H and O–H groups in total. The van der Waals surface area contributed by atoms with E-state index in [2.05, 4.69) is 27.0 Å². The molecule has 0 saturated carbocycles. The van der Waals surface area contributed by atoms with Crippen LogP contribution in [0.15, 0.2) is 47.0 Å². The molecule has 1 saturated heterocycles. The second-order valence-corrected chi connectivity index (χ2v) is 7.55. The molecule has 0 spiro atoms. The second kappa shape index (κ2) is 9.99. The Kier molecular flexibility index (Phi) is 6.87. The van der Waals surface area contributed by atoms with E-state index in [0.717, 1.165) is 19.6 Å². The maximum atomic E-state index is 13.9. The van der Waals surface area contributed by atoms with E-state index in [4.69, 9.17) is 4.42 Å². The van der Waals surface area contributed by atoms with Crippen LogP contribution in [0.4, 0.5) is 23.7 Å². The molecule has 174 valence electrons. The summed E-state index contributed by atoms with van der Waals surface area (Å²) in [6, 6.07) is 8.83. The second-order valence-electron chi connectivity index (χ2n) is 7.55. The van der Waals surface area contributed by atoms with E-state index in [1.165, 1.54) is 23.2 Å². The van der Waals surface area contributed by atoms with Crippen molar-refractivity contribution in [2.45, 2.75) is 19.9 Å². The number of alkyl halides is 2.